The average Bonchev–Trinajstić information content (AvgIpc) is 2.85. The summed E-state index contributed by atoms with van der Waals surface area (Å²) in [5.74, 6) is -0.290. The SMILES string of the molecule is C=CC(=O)Nc1cc(-n2c(=O)ccc3cnc4ccc(N5CCCCC5)cc4c32)ccc1C. The average molecular weight is 439 g/mol. The highest BCUT2D eigenvalue weighted by molar-refractivity contribution is 6.05. The molecular formula is C27H26N4O2. The summed E-state index contributed by atoms with van der Waals surface area (Å²) in [6.45, 7) is 7.52. The summed E-state index contributed by atoms with van der Waals surface area (Å²) in [5.41, 5.74) is 4.91. The number of pyridine rings is 2. The monoisotopic (exact) mass is 438 g/mol. The first-order chi connectivity index (χ1) is 16.0. The molecule has 1 fully saturated rings. The van der Waals surface area contributed by atoms with Crippen LogP contribution < -0.4 is 15.8 Å². The number of rotatable bonds is 4. The molecule has 2 aromatic carbocycles. The van der Waals surface area contributed by atoms with E-state index in [0.717, 1.165) is 46.1 Å². The molecule has 5 rings (SSSR count). The van der Waals surface area contributed by atoms with Crippen LogP contribution in [-0.4, -0.2) is 28.5 Å². The Hall–Kier alpha value is -3.93. The highest BCUT2D eigenvalue weighted by Gasteiger charge is 2.15. The molecule has 1 amide bonds. The molecule has 1 saturated heterocycles. The minimum atomic E-state index is -0.290. The van der Waals surface area contributed by atoms with Gasteiger partial charge < -0.3 is 10.2 Å². The number of benzene rings is 2. The number of piperidine rings is 1. The fourth-order valence-corrected chi connectivity index (χ4v) is 4.57. The Labute approximate surface area is 192 Å². The van der Waals surface area contributed by atoms with Gasteiger partial charge >= 0.3 is 0 Å². The lowest BCUT2D eigenvalue weighted by Crippen LogP contribution is -2.29. The number of amides is 1. The van der Waals surface area contributed by atoms with E-state index in [1.807, 2.05) is 43.5 Å². The lowest BCUT2D eigenvalue weighted by atomic mass is 10.1. The van der Waals surface area contributed by atoms with Crippen LogP contribution in [0.2, 0.25) is 0 Å². The van der Waals surface area contributed by atoms with Gasteiger partial charge in [-0.05, 0) is 74.2 Å². The van der Waals surface area contributed by atoms with Crippen LogP contribution in [0.5, 0.6) is 0 Å². The Morgan fingerprint density at radius 2 is 1.82 bits per heavy atom. The van der Waals surface area contributed by atoms with E-state index < -0.39 is 0 Å². The van der Waals surface area contributed by atoms with E-state index in [9.17, 15) is 9.59 Å². The van der Waals surface area contributed by atoms with Gasteiger partial charge in [0.05, 0.1) is 16.7 Å². The summed E-state index contributed by atoms with van der Waals surface area (Å²) in [6, 6.07) is 15.3. The summed E-state index contributed by atoms with van der Waals surface area (Å²) in [7, 11) is 0. The van der Waals surface area contributed by atoms with Gasteiger partial charge in [-0.25, -0.2) is 0 Å². The number of hydrogen-bond donors (Lipinski definition) is 1. The predicted molar refractivity (Wildman–Crippen MR) is 134 cm³/mol. The molecule has 6 heteroatoms. The molecule has 0 unspecified atom stereocenters. The van der Waals surface area contributed by atoms with Crippen LogP contribution in [0.3, 0.4) is 0 Å². The van der Waals surface area contributed by atoms with Crippen molar-refractivity contribution in [1.82, 2.24) is 9.55 Å². The van der Waals surface area contributed by atoms with E-state index in [1.165, 1.54) is 25.3 Å². The first-order valence-electron chi connectivity index (χ1n) is 11.3. The van der Waals surface area contributed by atoms with Gasteiger partial charge in [0.2, 0.25) is 5.91 Å². The number of carbonyl (C=O) groups excluding carboxylic acids is 1. The Morgan fingerprint density at radius 1 is 1.03 bits per heavy atom. The summed E-state index contributed by atoms with van der Waals surface area (Å²) < 4.78 is 1.71. The van der Waals surface area contributed by atoms with Crippen molar-refractivity contribution in [2.75, 3.05) is 23.3 Å². The fourth-order valence-electron chi connectivity index (χ4n) is 4.57. The van der Waals surface area contributed by atoms with Gasteiger partial charge in [-0.15, -0.1) is 0 Å². The zero-order chi connectivity index (χ0) is 22.9. The van der Waals surface area contributed by atoms with Gasteiger partial charge in [0.25, 0.3) is 5.56 Å². The predicted octanol–water partition coefficient (Wildman–Crippen LogP) is 4.96. The number of fused-ring (bicyclic) bond motifs is 3. The lowest BCUT2D eigenvalue weighted by Gasteiger charge is -2.29. The number of hydrogen-bond acceptors (Lipinski definition) is 4. The van der Waals surface area contributed by atoms with Gasteiger partial charge in [-0.1, -0.05) is 12.6 Å². The van der Waals surface area contributed by atoms with E-state index in [-0.39, 0.29) is 11.5 Å². The second kappa shape index (κ2) is 8.54. The van der Waals surface area contributed by atoms with E-state index >= 15 is 0 Å². The summed E-state index contributed by atoms with van der Waals surface area (Å²) in [6.07, 6.45) is 6.70. The second-order valence-electron chi connectivity index (χ2n) is 8.51. The molecule has 3 heterocycles. The Morgan fingerprint density at radius 3 is 2.61 bits per heavy atom. The maximum Gasteiger partial charge on any atom is 0.255 e. The Kier molecular flexibility index (Phi) is 5.42. The van der Waals surface area contributed by atoms with Crippen LogP contribution in [0.15, 0.2) is 72.2 Å². The molecule has 1 aliphatic heterocycles. The van der Waals surface area contributed by atoms with Crippen molar-refractivity contribution >= 4 is 39.1 Å². The standard InChI is InChI=1S/C27H26N4O2/c1-3-25(32)29-24-16-21(9-7-18(24)2)31-26(33)12-8-19-17-28-23-11-10-20(15-22(23)27(19)31)30-13-5-4-6-14-30/h3,7-12,15-17H,1,4-6,13-14H2,2H3,(H,29,32). The van der Waals surface area contributed by atoms with Crippen molar-refractivity contribution in [1.29, 1.82) is 0 Å². The molecular weight excluding hydrogens is 412 g/mol. The fraction of sp³-hybridized carbons (Fsp3) is 0.222. The van der Waals surface area contributed by atoms with Gasteiger partial charge in [-0.3, -0.25) is 19.1 Å². The molecule has 1 aliphatic rings. The first-order valence-corrected chi connectivity index (χ1v) is 11.3. The van der Waals surface area contributed by atoms with Crippen LogP contribution >= 0.6 is 0 Å². The van der Waals surface area contributed by atoms with E-state index in [0.29, 0.717) is 11.4 Å². The largest absolute Gasteiger partial charge is 0.372 e. The minimum absolute atomic E-state index is 0.136. The third kappa shape index (κ3) is 3.89. The molecule has 4 aromatic rings. The molecule has 2 aromatic heterocycles. The molecule has 0 spiro atoms. The number of nitrogens with zero attached hydrogens (tertiary/aromatic N) is 3. The number of anilines is 2. The summed E-state index contributed by atoms with van der Waals surface area (Å²) >= 11 is 0. The molecule has 1 N–H and O–H groups in total. The van der Waals surface area contributed by atoms with Crippen LogP contribution in [0, 0.1) is 6.92 Å². The smallest absolute Gasteiger partial charge is 0.255 e. The van der Waals surface area contributed by atoms with Gasteiger partial charge in [0.15, 0.2) is 0 Å². The van der Waals surface area contributed by atoms with E-state index in [2.05, 4.69) is 33.9 Å². The van der Waals surface area contributed by atoms with Gasteiger partial charge in [-0.2, -0.15) is 0 Å². The molecule has 33 heavy (non-hydrogen) atoms. The Balaban J connectivity index is 1.75. The van der Waals surface area contributed by atoms with Crippen molar-refractivity contribution in [2.45, 2.75) is 26.2 Å². The second-order valence-corrected chi connectivity index (χ2v) is 8.51. The van der Waals surface area contributed by atoms with Gasteiger partial charge in [0.1, 0.15) is 0 Å². The van der Waals surface area contributed by atoms with Crippen molar-refractivity contribution < 1.29 is 4.79 Å². The molecule has 6 nitrogen and oxygen atoms in total. The quantitative estimate of drug-likeness (QED) is 0.361. The number of aromatic nitrogens is 2. The lowest BCUT2D eigenvalue weighted by molar-refractivity contribution is -0.111. The zero-order valence-electron chi connectivity index (χ0n) is 18.7. The van der Waals surface area contributed by atoms with Crippen LogP contribution in [0.4, 0.5) is 11.4 Å². The van der Waals surface area contributed by atoms with Gasteiger partial charge in [0, 0.05) is 47.5 Å². The van der Waals surface area contributed by atoms with Crippen molar-refractivity contribution in [2.24, 2.45) is 0 Å². The first kappa shape index (κ1) is 20.9. The van der Waals surface area contributed by atoms with Crippen molar-refractivity contribution in [3.8, 4) is 5.69 Å². The van der Waals surface area contributed by atoms with Crippen LogP contribution in [0.1, 0.15) is 24.8 Å². The summed E-state index contributed by atoms with van der Waals surface area (Å²) in [4.78, 5) is 32.1. The molecule has 0 bridgehead atoms. The molecule has 0 aliphatic carbocycles. The Bertz CT molecular complexity index is 1450. The summed E-state index contributed by atoms with van der Waals surface area (Å²) in [5, 5.41) is 4.66. The highest BCUT2D eigenvalue weighted by Crippen LogP contribution is 2.30. The molecule has 0 atom stereocenters. The van der Waals surface area contributed by atoms with Crippen molar-refractivity contribution in [3.05, 3.63) is 83.3 Å². The topological polar surface area (TPSA) is 67.2 Å². The molecule has 166 valence electrons. The van der Waals surface area contributed by atoms with Crippen LogP contribution in [0.25, 0.3) is 27.5 Å². The van der Waals surface area contributed by atoms with E-state index in [1.54, 1.807) is 10.6 Å². The highest BCUT2D eigenvalue weighted by atomic mass is 16.1. The minimum Gasteiger partial charge on any atom is -0.372 e. The third-order valence-corrected chi connectivity index (χ3v) is 6.34. The number of carbonyl (C=O) groups is 1. The zero-order valence-corrected chi connectivity index (χ0v) is 18.7. The maximum atomic E-state index is 13.2. The maximum absolute atomic E-state index is 13.2. The number of aryl methyl sites for hydroxylation is 1. The van der Waals surface area contributed by atoms with Crippen LogP contribution in [-0.2, 0) is 4.79 Å². The van der Waals surface area contributed by atoms with E-state index in [4.69, 9.17) is 0 Å². The molecule has 0 radical (unpaired) electrons. The normalized spacial score (nSPS) is 13.9. The van der Waals surface area contributed by atoms with Crippen molar-refractivity contribution in [3.63, 3.8) is 0 Å². The molecule has 0 saturated carbocycles. The third-order valence-electron chi connectivity index (χ3n) is 6.34. The number of nitrogens with one attached hydrogen (secondary N) is 1.